The number of nitrogens with one attached hydrogen (secondary N) is 1. The molecule has 21 heavy (non-hydrogen) atoms. The Hall–Kier alpha value is -0.620. The fourth-order valence-electron chi connectivity index (χ4n) is 2.82. The molecule has 6 heteroatoms. The van der Waals surface area contributed by atoms with Gasteiger partial charge in [0.05, 0.1) is 5.02 Å². The molecule has 0 spiro atoms. The van der Waals surface area contributed by atoms with E-state index in [1.165, 1.54) is 25.3 Å². The van der Waals surface area contributed by atoms with E-state index in [4.69, 9.17) is 17.3 Å². The highest BCUT2D eigenvalue weighted by molar-refractivity contribution is 7.89. The second-order valence-corrected chi connectivity index (χ2v) is 8.31. The first kappa shape index (κ1) is 16.7. The molecule has 1 aliphatic carbocycles. The lowest BCUT2D eigenvalue weighted by Crippen LogP contribution is -2.37. The van der Waals surface area contributed by atoms with Crippen molar-refractivity contribution >= 4 is 21.6 Å². The van der Waals surface area contributed by atoms with Crippen LogP contribution in [0, 0.1) is 5.41 Å². The summed E-state index contributed by atoms with van der Waals surface area (Å²) < 4.78 is 27.5. The third-order valence-electron chi connectivity index (χ3n) is 4.27. The molecule has 4 nitrogen and oxygen atoms in total. The van der Waals surface area contributed by atoms with Gasteiger partial charge in [0, 0.05) is 13.1 Å². The number of hydrogen-bond acceptors (Lipinski definition) is 3. The Morgan fingerprint density at radius 1 is 1.29 bits per heavy atom. The smallest absolute Gasteiger partial charge is 0.242 e. The van der Waals surface area contributed by atoms with Gasteiger partial charge in [0.1, 0.15) is 4.90 Å². The van der Waals surface area contributed by atoms with Gasteiger partial charge in [-0.3, -0.25) is 0 Å². The molecule has 1 aromatic rings. The van der Waals surface area contributed by atoms with Crippen molar-refractivity contribution in [3.05, 3.63) is 28.8 Å². The number of halogens is 1. The highest BCUT2D eigenvalue weighted by Crippen LogP contribution is 2.35. The monoisotopic (exact) mass is 330 g/mol. The van der Waals surface area contributed by atoms with Gasteiger partial charge in [-0.15, -0.1) is 0 Å². The molecule has 118 valence electrons. The van der Waals surface area contributed by atoms with E-state index < -0.39 is 10.0 Å². The Morgan fingerprint density at radius 3 is 2.52 bits per heavy atom. The van der Waals surface area contributed by atoms with Gasteiger partial charge in [-0.2, -0.15) is 0 Å². The lowest BCUT2D eigenvalue weighted by Gasteiger charge is -2.33. The van der Waals surface area contributed by atoms with E-state index in [2.05, 4.69) is 11.6 Å². The highest BCUT2D eigenvalue weighted by Gasteiger charge is 2.29. The van der Waals surface area contributed by atoms with Crippen molar-refractivity contribution in [3.8, 4) is 0 Å². The van der Waals surface area contributed by atoms with Gasteiger partial charge in [0.2, 0.25) is 10.0 Å². The van der Waals surface area contributed by atoms with E-state index in [9.17, 15) is 8.42 Å². The molecule has 0 unspecified atom stereocenters. The molecule has 1 fully saturated rings. The minimum absolute atomic E-state index is 0.0506. The molecule has 0 amide bonds. The Kier molecular flexibility index (Phi) is 5.30. The lowest BCUT2D eigenvalue weighted by atomic mass is 9.76. The molecule has 3 N–H and O–H groups in total. The van der Waals surface area contributed by atoms with Crippen molar-refractivity contribution < 1.29 is 8.42 Å². The number of sulfonamides is 1. The lowest BCUT2D eigenvalue weighted by molar-refractivity contribution is 0.219. The van der Waals surface area contributed by atoms with E-state index in [0.717, 1.165) is 18.4 Å². The number of hydrogen-bond donors (Lipinski definition) is 2. The summed E-state index contributed by atoms with van der Waals surface area (Å²) in [5, 5.41) is 0.222. The molecule has 1 aromatic carbocycles. The van der Waals surface area contributed by atoms with Gasteiger partial charge >= 0.3 is 0 Å². The van der Waals surface area contributed by atoms with Crippen LogP contribution < -0.4 is 10.5 Å². The Bertz CT molecular complexity index is 596. The Labute approximate surface area is 132 Å². The van der Waals surface area contributed by atoms with E-state index in [0.29, 0.717) is 13.1 Å². The number of rotatable bonds is 5. The molecule has 2 rings (SSSR count). The largest absolute Gasteiger partial charge is 0.326 e. The first-order valence-electron chi connectivity index (χ1n) is 7.34. The fourth-order valence-corrected chi connectivity index (χ4v) is 4.58. The number of benzene rings is 1. The summed E-state index contributed by atoms with van der Waals surface area (Å²) in [6, 6.07) is 4.83. The standard InChI is InChI=1S/C15H23ClN2O2S/c1-15(7-3-2-4-8-15)11-18-21(19,20)14-6-5-12(10-17)9-13(14)16/h5-6,9,18H,2-4,7-8,10-11,17H2,1H3. The van der Waals surface area contributed by atoms with E-state index in [1.807, 2.05) is 0 Å². The Morgan fingerprint density at radius 2 is 1.95 bits per heavy atom. The Balaban J connectivity index is 2.11. The van der Waals surface area contributed by atoms with Gasteiger partial charge in [-0.1, -0.05) is 43.9 Å². The predicted molar refractivity (Wildman–Crippen MR) is 85.7 cm³/mol. The van der Waals surface area contributed by atoms with Crippen LogP contribution in [-0.4, -0.2) is 15.0 Å². The van der Waals surface area contributed by atoms with Crippen LogP contribution in [0.5, 0.6) is 0 Å². The van der Waals surface area contributed by atoms with Crippen LogP contribution in [0.2, 0.25) is 5.02 Å². The normalized spacial score (nSPS) is 18.6. The minimum atomic E-state index is -3.58. The summed E-state index contributed by atoms with van der Waals surface area (Å²) in [6.45, 7) is 2.95. The molecule has 1 saturated carbocycles. The molecule has 0 saturated heterocycles. The maximum atomic E-state index is 12.4. The molecule has 0 bridgehead atoms. The van der Waals surface area contributed by atoms with Crippen LogP contribution in [0.4, 0.5) is 0 Å². The second kappa shape index (κ2) is 6.65. The van der Waals surface area contributed by atoms with Crippen LogP contribution in [-0.2, 0) is 16.6 Å². The van der Waals surface area contributed by atoms with Gasteiger partial charge in [-0.05, 0) is 36.0 Å². The van der Waals surface area contributed by atoms with Crippen molar-refractivity contribution in [1.29, 1.82) is 0 Å². The number of nitrogens with two attached hydrogens (primary N) is 1. The molecule has 0 aromatic heterocycles. The molecular weight excluding hydrogens is 308 g/mol. The highest BCUT2D eigenvalue weighted by atomic mass is 35.5. The fraction of sp³-hybridized carbons (Fsp3) is 0.600. The molecule has 0 atom stereocenters. The SMILES string of the molecule is CC1(CNS(=O)(=O)c2ccc(CN)cc2Cl)CCCCC1. The third-order valence-corrected chi connectivity index (χ3v) is 6.16. The van der Waals surface area contributed by atoms with E-state index in [-0.39, 0.29) is 15.3 Å². The average molecular weight is 331 g/mol. The summed E-state index contributed by atoms with van der Waals surface area (Å²) in [5.41, 5.74) is 6.40. The molecule has 1 aliphatic rings. The van der Waals surface area contributed by atoms with Crippen molar-refractivity contribution in [3.63, 3.8) is 0 Å². The predicted octanol–water partition coefficient (Wildman–Crippen LogP) is 3.05. The van der Waals surface area contributed by atoms with Crippen LogP contribution >= 0.6 is 11.6 Å². The summed E-state index contributed by atoms with van der Waals surface area (Å²) in [5.74, 6) is 0. The summed E-state index contributed by atoms with van der Waals surface area (Å²) in [6.07, 6.45) is 5.72. The molecular formula is C15H23ClN2O2S. The third kappa shape index (κ3) is 4.19. The van der Waals surface area contributed by atoms with Gasteiger partial charge < -0.3 is 5.73 Å². The van der Waals surface area contributed by atoms with Gasteiger partial charge in [-0.25, -0.2) is 13.1 Å². The maximum absolute atomic E-state index is 12.4. The quantitative estimate of drug-likeness (QED) is 0.871. The summed E-state index contributed by atoms with van der Waals surface area (Å²) in [4.78, 5) is 0.126. The zero-order valence-electron chi connectivity index (χ0n) is 12.4. The second-order valence-electron chi connectivity index (χ2n) is 6.16. The maximum Gasteiger partial charge on any atom is 0.242 e. The molecule has 0 aliphatic heterocycles. The van der Waals surface area contributed by atoms with Gasteiger partial charge in [0.15, 0.2) is 0 Å². The van der Waals surface area contributed by atoms with Crippen LogP contribution in [0.15, 0.2) is 23.1 Å². The van der Waals surface area contributed by atoms with E-state index in [1.54, 1.807) is 12.1 Å². The summed E-state index contributed by atoms with van der Waals surface area (Å²) >= 11 is 6.07. The van der Waals surface area contributed by atoms with Crippen LogP contribution in [0.1, 0.15) is 44.6 Å². The van der Waals surface area contributed by atoms with Gasteiger partial charge in [0.25, 0.3) is 0 Å². The van der Waals surface area contributed by atoms with Crippen LogP contribution in [0.3, 0.4) is 0 Å². The minimum Gasteiger partial charge on any atom is -0.326 e. The van der Waals surface area contributed by atoms with Crippen molar-refractivity contribution in [2.75, 3.05) is 6.54 Å². The van der Waals surface area contributed by atoms with Crippen LogP contribution in [0.25, 0.3) is 0 Å². The van der Waals surface area contributed by atoms with E-state index >= 15 is 0 Å². The zero-order valence-corrected chi connectivity index (χ0v) is 13.9. The first-order valence-corrected chi connectivity index (χ1v) is 9.21. The molecule has 0 radical (unpaired) electrons. The van der Waals surface area contributed by atoms with Crippen molar-refractivity contribution in [1.82, 2.24) is 4.72 Å². The topological polar surface area (TPSA) is 72.2 Å². The molecule has 0 heterocycles. The first-order chi connectivity index (χ1) is 9.86. The van der Waals surface area contributed by atoms with Crippen molar-refractivity contribution in [2.45, 2.75) is 50.5 Å². The summed E-state index contributed by atoms with van der Waals surface area (Å²) in [7, 11) is -3.58. The zero-order chi connectivity index (χ0) is 15.5. The van der Waals surface area contributed by atoms with Crippen molar-refractivity contribution in [2.24, 2.45) is 11.1 Å². The average Bonchev–Trinajstić information content (AvgIpc) is 2.46.